The van der Waals surface area contributed by atoms with Gasteiger partial charge >= 0.3 is 0 Å². The number of methoxy groups -OCH3 is 2. The summed E-state index contributed by atoms with van der Waals surface area (Å²) in [6, 6.07) is 5.70. The van der Waals surface area contributed by atoms with Gasteiger partial charge in [-0.15, -0.1) is 0 Å². The molecule has 0 radical (unpaired) electrons. The molecule has 0 unspecified atom stereocenters. The topological polar surface area (TPSA) is 38.8 Å². The van der Waals surface area contributed by atoms with Crippen LogP contribution in [0.3, 0.4) is 0 Å². The number of ether oxygens (including phenoxy) is 2. The zero-order valence-corrected chi connectivity index (χ0v) is 12.9. The lowest BCUT2D eigenvalue weighted by molar-refractivity contribution is -0.131. The molecular weight excluding hydrogens is 254 g/mol. The van der Waals surface area contributed by atoms with Crippen molar-refractivity contribution < 1.29 is 14.3 Å². The Balaban J connectivity index is 2.89. The van der Waals surface area contributed by atoms with Crippen LogP contribution in [0.15, 0.2) is 18.2 Å². The maximum absolute atomic E-state index is 12.1. The van der Waals surface area contributed by atoms with Crippen molar-refractivity contribution in [2.45, 2.75) is 39.7 Å². The van der Waals surface area contributed by atoms with Crippen LogP contribution in [0.5, 0.6) is 11.5 Å². The van der Waals surface area contributed by atoms with E-state index in [4.69, 9.17) is 9.47 Å². The maximum atomic E-state index is 12.1. The van der Waals surface area contributed by atoms with Crippen LogP contribution in [0.4, 0.5) is 0 Å². The molecule has 1 aromatic carbocycles. The molecule has 112 valence electrons. The second kappa shape index (κ2) is 8.46. The van der Waals surface area contributed by atoms with Crippen molar-refractivity contribution >= 4 is 5.91 Å². The summed E-state index contributed by atoms with van der Waals surface area (Å²) >= 11 is 0. The molecule has 4 heteroatoms. The smallest absolute Gasteiger partial charge is 0.222 e. The number of rotatable bonds is 8. The van der Waals surface area contributed by atoms with Crippen LogP contribution in [0.2, 0.25) is 0 Å². The first-order chi connectivity index (χ1) is 9.65. The van der Waals surface area contributed by atoms with Crippen LogP contribution in [0.25, 0.3) is 0 Å². The molecule has 1 amide bonds. The van der Waals surface area contributed by atoms with Gasteiger partial charge in [0.15, 0.2) is 0 Å². The van der Waals surface area contributed by atoms with Crippen molar-refractivity contribution in [3.63, 3.8) is 0 Å². The number of carbonyl (C=O) groups excluding carboxylic acids is 1. The molecule has 0 saturated carbocycles. The van der Waals surface area contributed by atoms with Gasteiger partial charge in [0.25, 0.3) is 0 Å². The summed E-state index contributed by atoms with van der Waals surface area (Å²) in [6.45, 7) is 5.46. The molecule has 0 spiro atoms. The third kappa shape index (κ3) is 4.44. The maximum Gasteiger partial charge on any atom is 0.222 e. The summed E-state index contributed by atoms with van der Waals surface area (Å²) in [5.41, 5.74) is 1.01. The van der Waals surface area contributed by atoms with Gasteiger partial charge in [0.2, 0.25) is 5.91 Å². The van der Waals surface area contributed by atoms with E-state index < -0.39 is 0 Å². The fraction of sp³-hybridized carbons (Fsp3) is 0.562. The second-order valence-corrected chi connectivity index (χ2v) is 4.74. The van der Waals surface area contributed by atoms with Crippen molar-refractivity contribution in [2.24, 2.45) is 0 Å². The second-order valence-electron chi connectivity index (χ2n) is 4.74. The van der Waals surface area contributed by atoms with E-state index in [0.717, 1.165) is 36.4 Å². The minimum Gasteiger partial charge on any atom is -0.497 e. The van der Waals surface area contributed by atoms with Gasteiger partial charge in [0.05, 0.1) is 14.2 Å². The Labute approximate surface area is 121 Å². The zero-order valence-electron chi connectivity index (χ0n) is 12.9. The van der Waals surface area contributed by atoms with Gasteiger partial charge in [0.1, 0.15) is 11.5 Å². The highest BCUT2D eigenvalue weighted by Crippen LogP contribution is 2.26. The van der Waals surface area contributed by atoms with E-state index in [1.54, 1.807) is 14.2 Å². The molecule has 0 aliphatic carbocycles. The number of amides is 1. The molecule has 0 atom stereocenters. The number of hydrogen-bond donors (Lipinski definition) is 0. The predicted octanol–water partition coefficient (Wildman–Crippen LogP) is 3.24. The highest BCUT2D eigenvalue weighted by atomic mass is 16.5. The molecule has 0 saturated heterocycles. The largest absolute Gasteiger partial charge is 0.497 e. The Morgan fingerprint density at radius 3 is 2.45 bits per heavy atom. The Morgan fingerprint density at radius 2 is 1.90 bits per heavy atom. The summed E-state index contributed by atoms with van der Waals surface area (Å²) in [5, 5.41) is 0. The first kappa shape index (κ1) is 16.3. The molecule has 1 rings (SSSR count). The lowest BCUT2D eigenvalue weighted by atomic mass is 10.1. The van der Waals surface area contributed by atoms with E-state index in [0.29, 0.717) is 13.0 Å². The van der Waals surface area contributed by atoms with Crippen molar-refractivity contribution in [3.8, 4) is 11.5 Å². The van der Waals surface area contributed by atoms with E-state index in [1.165, 1.54) is 0 Å². The predicted molar refractivity (Wildman–Crippen MR) is 80.2 cm³/mol. The summed E-state index contributed by atoms with van der Waals surface area (Å²) in [6.07, 6.45) is 2.42. The monoisotopic (exact) mass is 279 g/mol. The molecule has 0 fully saturated rings. The molecule has 0 aliphatic heterocycles. The van der Waals surface area contributed by atoms with Gasteiger partial charge in [0, 0.05) is 31.1 Å². The number of nitrogens with zero attached hydrogens (tertiary/aromatic N) is 1. The van der Waals surface area contributed by atoms with Gasteiger partial charge in [-0.3, -0.25) is 4.79 Å². The highest BCUT2D eigenvalue weighted by Gasteiger charge is 2.15. The van der Waals surface area contributed by atoms with E-state index in [1.807, 2.05) is 30.0 Å². The van der Waals surface area contributed by atoms with Gasteiger partial charge in [-0.25, -0.2) is 0 Å². The van der Waals surface area contributed by atoms with Crippen LogP contribution in [0, 0.1) is 0 Å². The molecule has 0 bridgehead atoms. The third-order valence-electron chi connectivity index (χ3n) is 3.17. The van der Waals surface area contributed by atoms with Crippen molar-refractivity contribution in [3.05, 3.63) is 23.8 Å². The van der Waals surface area contributed by atoms with Crippen LogP contribution >= 0.6 is 0 Å². The minimum atomic E-state index is 0.201. The Kier molecular flexibility index (Phi) is 6.91. The van der Waals surface area contributed by atoms with Crippen molar-refractivity contribution in [1.82, 2.24) is 4.90 Å². The molecule has 0 N–H and O–H groups in total. The Morgan fingerprint density at radius 1 is 1.15 bits per heavy atom. The number of benzene rings is 1. The van der Waals surface area contributed by atoms with Gasteiger partial charge in [-0.05, 0) is 25.0 Å². The Hall–Kier alpha value is -1.71. The summed E-state index contributed by atoms with van der Waals surface area (Å²) < 4.78 is 10.6. The van der Waals surface area contributed by atoms with Crippen LogP contribution in [-0.4, -0.2) is 31.6 Å². The van der Waals surface area contributed by atoms with Crippen LogP contribution in [-0.2, 0) is 11.3 Å². The lowest BCUT2D eigenvalue weighted by Crippen LogP contribution is -2.31. The van der Waals surface area contributed by atoms with E-state index >= 15 is 0 Å². The van der Waals surface area contributed by atoms with Gasteiger partial charge < -0.3 is 14.4 Å². The fourth-order valence-corrected chi connectivity index (χ4v) is 2.12. The molecule has 0 aromatic heterocycles. The average Bonchev–Trinajstić information content (AvgIpc) is 2.47. The molecule has 0 heterocycles. The van der Waals surface area contributed by atoms with Crippen molar-refractivity contribution in [2.75, 3.05) is 20.8 Å². The highest BCUT2D eigenvalue weighted by molar-refractivity contribution is 5.76. The van der Waals surface area contributed by atoms with E-state index in [2.05, 4.69) is 6.92 Å². The third-order valence-corrected chi connectivity index (χ3v) is 3.17. The Bertz CT molecular complexity index is 432. The molecule has 20 heavy (non-hydrogen) atoms. The normalized spacial score (nSPS) is 10.2. The first-order valence-electron chi connectivity index (χ1n) is 7.14. The summed E-state index contributed by atoms with van der Waals surface area (Å²) in [7, 11) is 3.26. The molecule has 1 aromatic rings. The van der Waals surface area contributed by atoms with Crippen LogP contribution in [0.1, 0.15) is 38.7 Å². The molecule has 0 aliphatic rings. The fourth-order valence-electron chi connectivity index (χ4n) is 2.12. The lowest BCUT2D eigenvalue weighted by Gasteiger charge is -2.23. The van der Waals surface area contributed by atoms with E-state index in [9.17, 15) is 4.79 Å². The first-order valence-corrected chi connectivity index (χ1v) is 7.14. The zero-order chi connectivity index (χ0) is 15.0. The van der Waals surface area contributed by atoms with E-state index in [-0.39, 0.29) is 5.91 Å². The quantitative estimate of drug-likeness (QED) is 0.733. The number of carbonyl (C=O) groups is 1. The standard InChI is InChI=1S/C16H25NO3/c1-5-7-16(18)17(10-6-2)12-13-8-9-14(19-3)11-15(13)20-4/h8-9,11H,5-7,10,12H2,1-4H3. The van der Waals surface area contributed by atoms with Crippen molar-refractivity contribution in [1.29, 1.82) is 0 Å². The summed E-state index contributed by atoms with van der Waals surface area (Å²) in [5.74, 6) is 1.72. The molecule has 4 nitrogen and oxygen atoms in total. The van der Waals surface area contributed by atoms with Crippen LogP contribution < -0.4 is 9.47 Å². The average molecular weight is 279 g/mol. The summed E-state index contributed by atoms with van der Waals surface area (Å²) in [4.78, 5) is 14.0. The van der Waals surface area contributed by atoms with Gasteiger partial charge in [-0.1, -0.05) is 13.8 Å². The number of hydrogen-bond acceptors (Lipinski definition) is 3. The minimum absolute atomic E-state index is 0.201. The SMILES string of the molecule is CCCC(=O)N(CCC)Cc1ccc(OC)cc1OC. The van der Waals surface area contributed by atoms with Gasteiger partial charge in [-0.2, -0.15) is 0 Å². The molecular formula is C16H25NO3.